The first-order valence-electron chi connectivity index (χ1n) is 5.03. The topological polar surface area (TPSA) is 32.3 Å². The average molecular weight is 240 g/mol. The van der Waals surface area contributed by atoms with Gasteiger partial charge in [0.1, 0.15) is 5.82 Å². The summed E-state index contributed by atoms with van der Waals surface area (Å²) in [7, 11) is 0. The van der Waals surface area contributed by atoms with Gasteiger partial charge in [0.2, 0.25) is 0 Å². The Labute approximate surface area is 98.0 Å². The second-order valence-corrected chi connectivity index (χ2v) is 4.84. The first-order valence-corrected chi connectivity index (χ1v) is 6.32. The number of carbonyl (C=O) groups excluding carboxylic acids is 1. The number of hydrogen-bond acceptors (Lipinski definition) is 2. The van der Waals surface area contributed by atoms with Crippen molar-refractivity contribution in [3.63, 3.8) is 0 Å². The highest BCUT2D eigenvalue weighted by molar-refractivity contribution is 7.99. The van der Waals surface area contributed by atoms with Crippen LogP contribution in [0.2, 0.25) is 0 Å². The van der Waals surface area contributed by atoms with E-state index in [1.165, 1.54) is 12.1 Å². The number of nitrogens with zero attached hydrogens (tertiary/aromatic N) is 1. The number of nitrogens with one attached hydrogen (secondary N) is 1. The van der Waals surface area contributed by atoms with Gasteiger partial charge in [-0.3, -0.25) is 0 Å². The molecule has 0 spiro atoms. The molecule has 1 fully saturated rings. The molecule has 1 aromatic carbocycles. The Morgan fingerprint density at radius 1 is 1.56 bits per heavy atom. The molecule has 5 heteroatoms. The molecule has 1 aromatic rings. The van der Waals surface area contributed by atoms with Gasteiger partial charge >= 0.3 is 6.03 Å². The van der Waals surface area contributed by atoms with E-state index in [4.69, 9.17) is 0 Å². The second-order valence-electron chi connectivity index (χ2n) is 3.70. The van der Waals surface area contributed by atoms with Gasteiger partial charge in [0, 0.05) is 24.0 Å². The van der Waals surface area contributed by atoms with Crippen LogP contribution in [0.1, 0.15) is 0 Å². The largest absolute Gasteiger partial charge is 0.322 e. The number of urea groups is 1. The van der Waals surface area contributed by atoms with E-state index in [2.05, 4.69) is 5.32 Å². The molecule has 1 saturated heterocycles. The molecule has 0 bridgehead atoms. The lowest BCUT2D eigenvalue weighted by Crippen LogP contribution is -2.53. The van der Waals surface area contributed by atoms with Gasteiger partial charge in [0.15, 0.2) is 0 Å². The fourth-order valence-corrected chi connectivity index (χ4v) is 2.18. The van der Waals surface area contributed by atoms with Crippen LogP contribution in [0.5, 0.6) is 0 Å². The Kier molecular flexibility index (Phi) is 3.33. The number of benzene rings is 1. The Balaban J connectivity index is 1.89. The summed E-state index contributed by atoms with van der Waals surface area (Å²) in [6.07, 6.45) is 2.03. The molecule has 0 unspecified atom stereocenters. The lowest BCUT2D eigenvalue weighted by Gasteiger charge is -2.38. The number of hydrogen-bond donors (Lipinski definition) is 1. The molecule has 0 radical (unpaired) electrons. The van der Waals surface area contributed by atoms with E-state index in [1.807, 2.05) is 6.26 Å². The molecular formula is C11H13FN2OS. The maximum absolute atomic E-state index is 12.9. The maximum atomic E-state index is 12.9. The minimum Gasteiger partial charge on any atom is -0.322 e. The molecule has 2 rings (SSSR count). The number of rotatable bonds is 2. The zero-order valence-corrected chi connectivity index (χ0v) is 9.76. The summed E-state index contributed by atoms with van der Waals surface area (Å²) in [6.45, 7) is 1.53. The summed E-state index contributed by atoms with van der Waals surface area (Å²) >= 11 is 1.76. The minimum atomic E-state index is -0.344. The monoisotopic (exact) mass is 240 g/mol. The van der Waals surface area contributed by atoms with E-state index in [-0.39, 0.29) is 11.8 Å². The zero-order valence-electron chi connectivity index (χ0n) is 8.94. The van der Waals surface area contributed by atoms with Crippen LogP contribution in [0.4, 0.5) is 14.9 Å². The van der Waals surface area contributed by atoms with Crippen LogP contribution in [0.15, 0.2) is 24.3 Å². The van der Waals surface area contributed by atoms with Crippen molar-refractivity contribution < 1.29 is 9.18 Å². The highest BCUT2D eigenvalue weighted by Gasteiger charge is 2.29. The van der Waals surface area contributed by atoms with E-state index < -0.39 is 0 Å². The van der Waals surface area contributed by atoms with Crippen molar-refractivity contribution in [3.05, 3.63) is 30.1 Å². The minimum absolute atomic E-state index is 0.157. The van der Waals surface area contributed by atoms with Crippen LogP contribution in [0.3, 0.4) is 0 Å². The highest BCUT2D eigenvalue weighted by atomic mass is 32.2. The van der Waals surface area contributed by atoms with Crippen molar-refractivity contribution >= 4 is 23.5 Å². The van der Waals surface area contributed by atoms with Crippen LogP contribution in [-0.4, -0.2) is 35.5 Å². The van der Waals surface area contributed by atoms with E-state index in [0.29, 0.717) is 10.9 Å². The number of amides is 2. The molecule has 3 nitrogen and oxygen atoms in total. The van der Waals surface area contributed by atoms with E-state index in [1.54, 1.807) is 28.8 Å². The molecule has 1 aliphatic rings. The molecule has 0 atom stereocenters. The molecule has 1 aliphatic heterocycles. The highest BCUT2D eigenvalue weighted by Crippen LogP contribution is 2.20. The average Bonchev–Trinajstić information content (AvgIpc) is 2.15. The number of likely N-dealkylation sites (tertiary alicyclic amines) is 1. The smallest absolute Gasteiger partial charge is 0.321 e. The first-order chi connectivity index (χ1) is 7.69. The van der Waals surface area contributed by atoms with E-state index >= 15 is 0 Å². The van der Waals surface area contributed by atoms with Gasteiger partial charge in [-0.2, -0.15) is 11.8 Å². The predicted octanol–water partition coefficient (Wildman–Crippen LogP) is 2.40. The lowest BCUT2D eigenvalue weighted by molar-refractivity contribution is 0.185. The predicted molar refractivity (Wildman–Crippen MR) is 64.3 cm³/mol. The summed E-state index contributed by atoms with van der Waals surface area (Å²) < 4.78 is 12.9. The van der Waals surface area contributed by atoms with Crippen molar-refractivity contribution in [1.29, 1.82) is 0 Å². The standard InChI is InChI=1S/C11H13FN2OS/c1-16-10-6-14(7-10)11(15)13-9-4-2-3-8(12)5-9/h2-5,10H,6-7H2,1H3,(H,13,15). The van der Waals surface area contributed by atoms with Crippen molar-refractivity contribution in [1.82, 2.24) is 4.90 Å². The van der Waals surface area contributed by atoms with E-state index in [9.17, 15) is 9.18 Å². The zero-order chi connectivity index (χ0) is 11.5. The molecular weight excluding hydrogens is 227 g/mol. The van der Waals surface area contributed by atoms with Gasteiger partial charge < -0.3 is 10.2 Å². The molecule has 0 aliphatic carbocycles. The molecule has 0 saturated carbocycles. The third-order valence-electron chi connectivity index (χ3n) is 2.54. The van der Waals surface area contributed by atoms with Crippen LogP contribution < -0.4 is 5.32 Å². The third-order valence-corrected chi connectivity index (χ3v) is 3.51. The molecule has 1 N–H and O–H groups in total. The van der Waals surface area contributed by atoms with Gasteiger partial charge in [0.25, 0.3) is 0 Å². The Morgan fingerprint density at radius 2 is 2.31 bits per heavy atom. The Morgan fingerprint density at radius 3 is 2.94 bits per heavy atom. The van der Waals surface area contributed by atoms with Crippen LogP contribution in [0, 0.1) is 5.82 Å². The summed E-state index contributed by atoms with van der Waals surface area (Å²) in [5, 5.41) is 3.21. The molecule has 1 heterocycles. The van der Waals surface area contributed by atoms with Crippen molar-refractivity contribution in [2.75, 3.05) is 24.7 Å². The quantitative estimate of drug-likeness (QED) is 0.861. The SMILES string of the molecule is CSC1CN(C(=O)Nc2cccc(F)c2)C1. The maximum Gasteiger partial charge on any atom is 0.321 e. The lowest BCUT2D eigenvalue weighted by atomic mass is 10.2. The van der Waals surface area contributed by atoms with Crippen molar-refractivity contribution in [3.8, 4) is 0 Å². The van der Waals surface area contributed by atoms with Gasteiger partial charge in [0.05, 0.1) is 0 Å². The molecule has 2 amide bonds. The van der Waals surface area contributed by atoms with Gasteiger partial charge in [-0.05, 0) is 24.5 Å². The molecule has 16 heavy (non-hydrogen) atoms. The number of carbonyl (C=O) groups is 1. The van der Waals surface area contributed by atoms with Gasteiger partial charge in [-0.15, -0.1) is 0 Å². The number of anilines is 1. The third kappa shape index (κ3) is 2.47. The van der Waals surface area contributed by atoms with Crippen LogP contribution in [-0.2, 0) is 0 Å². The first kappa shape index (κ1) is 11.3. The van der Waals surface area contributed by atoms with E-state index in [0.717, 1.165) is 13.1 Å². The normalized spacial score (nSPS) is 15.8. The summed E-state index contributed by atoms with van der Waals surface area (Å²) in [5.41, 5.74) is 0.498. The van der Waals surface area contributed by atoms with Crippen molar-refractivity contribution in [2.24, 2.45) is 0 Å². The van der Waals surface area contributed by atoms with Crippen LogP contribution in [0.25, 0.3) is 0 Å². The van der Waals surface area contributed by atoms with Gasteiger partial charge in [-0.25, -0.2) is 9.18 Å². The fourth-order valence-electron chi connectivity index (χ4n) is 1.52. The summed E-state index contributed by atoms with van der Waals surface area (Å²) in [6, 6.07) is 5.75. The van der Waals surface area contributed by atoms with Crippen molar-refractivity contribution in [2.45, 2.75) is 5.25 Å². The number of thioether (sulfide) groups is 1. The van der Waals surface area contributed by atoms with Crippen LogP contribution >= 0.6 is 11.8 Å². The molecule has 0 aromatic heterocycles. The summed E-state index contributed by atoms with van der Waals surface area (Å²) in [4.78, 5) is 13.4. The number of halogens is 1. The summed E-state index contributed by atoms with van der Waals surface area (Å²) in [5.74, 6) is -0.344. The Hall–Kier alpha value is -1.23. The second kappa shape index (κ2) is 4.74. The molecule has 86 valence electrons. The fraction of sp³-hybridized carbons (Fsp3) is 0.364. The van der Waals surface area contributed by atoms with Gasteiger partial charge in [-0.1, -0.05) is 6.07 Å². The Bertz CT molecular complexity index is 393.